The lowest BCUT2D eigenvalue weighted by Gasteiger charge is -2.15. The molecule has 2 nitrogen and oxygen atoms in total. The molecule has 0 amide bonds. The van der Waals surface area contributed by atoms with Crippen molar-refractivity contribution < 1.29 is 0 Å². The van der Waals surface area contributed by atoms with Gasteiger partial charge in [-0.15, -0.1) is 0 Å². The first-order chi connectivity index (χ1) is 5.79. The van der Waals surface area contributed by atoms with E-state index in [2.05, 4.69) is 23.8 Å². The Balaban J connectivity index is 2.28. The van der Waals surface area contributed by atoms with E-state index in [0.717, 1.165) is 18.2 Å². The third-order valence-electron chi connectivity index (χ3n) is 2.67. The maximum atomic E-state index is 4.55. The second kappa shape index (κ2) is 2.92. The largest absolute Gasteiger partial charge is 0.346 e. The Hall–Kier alpha value is -0.790. The molecule has 0 saturated carbocycles. The lowest BCUT2D eigenvalue weighted by atomic mass is 9.92. The summed E-state index contributed by atoms with van der Waals surface area (Å²) in [5.74, 6) is 2.00. The van der Waals surface area contributed by atoms with Gasteiger partial charge in [0.05, 0.1) is 5.69 Å². The van der Waals surface area contributed by atoms with Crippen molar-refractivity contribution in [2.24, 2.45) is 5.92 Å². The quantitative estimate of drug-likeness (QED) is 0.676. The Labute approximate surface area is 73.4 Å². The van der Waals surface area contributed by atoms with Gasteiger partial charge in [0.15, 0.2) is 0 Å². The molecule has 2 rings (SSSR count). The highest BCUT2D eigenvalue weighted by molar-refractivity contribution is 5.18. The van der Waals surface area contributed by atoms with Gasteiger partial charge in [-0.3, -0.25) is 0 Å². The van der Waals surface area contributed by atoms with Crippen LogP contribution in [0.25, 0.3) is 0 Å². The third-order valence-corrected chi connectivity index (χ3v) is 2.67. The average Bonchev–Trinajstić information content (AvgIpc) is 2.46. The number of nitrogens with zero attached hydrogens (tertiary/aromatic N) is 1. The van der Waals surface area contributed by atoms with Crippen LogP contribution in [0.1, 0.15) is 37.5 Å². The van der Waals surface area contributed by atoms with E-state index in [1.165, 1.54) is 30.7 Å². The van der Waals surface area contributed by atoms with Crippen molar-refractivity contribution in [3.05, 3.63) is 17.2 Å². The molecule has 1 unspecified atom stereocenters. The maximum absolute atomic E-state index is 4.55. The number of hydrogen-bond acceptors (Lipinski definition) is 1. The summed E-state index contributed by atoms with van der Waals surface area (Å²) in [6.45, 7) is 4.46. The number of aromatic amines is 1. The normalized spacial score (nSPS) is 22.3. The summed E-state index contributed by atoms with van der Waals surface area (Å²) in [7, 11) is 0. The minimum Gasteiger partial charge on any atom is -0.346 e. The number of hydrogen-bond donors (Lipinski definition) is 1. The number of rotatable bonds is 1. The van der Waals surface area contributed by atoms with Crippen LogP contribution in [-0.2, 0) is 19.3 Å². The van der Waals surface area contributed by atoms with E-state index in [9.17, 15) is 0 Å². The van der Waals surface area contributed by atoms with Crippen LogP contribution in [0.4, 0.5) is 0 Å². The first-order valence-electron chi connectivity index (χ1n) is 4.86. The molecular formula is C10H16N2. The van der Waals surface area contributed by atoms with Crippen molar-refractivity contribution in [2.45, 2.75) is 39.5 Å². The van der Waals surface area contributed by atoms with Crippen LogP contribution in [0.2, 0.25) is 0 Å². The molecule has 1 atom stereocenters. The van der Waals surface area contributed by atoms with Gasteiger partial charge in [-0.05, 0) is 25.2 Å². The summed E-state index contributed by atoms with van der Waals surface area (Å²) in [5, 5.41) is 0. The number of fused-ring (bicyclic) bond motifs is 1. The molecule has 0 spiro atoms. The zero-order chi connectivity index (χ0) is 8.55. The van der Waals surface area contributed by atoms with E-state index in [1.807, 2.05) is 0 Å². The third kappa shape index (κ3) is 1.26. The molecule has 1 aromatic heterocycles. The van der Waals surface area contributed by atoms with Crippen LogP contribution in [-0.4, -0.2) is 9.97 Å². The van der Waals surface area contributed by atoms with Crippen LogP contribution < -0.4 is 0 Å². The molecule has 0 aromatic carbocycles. The van der Waals surface area contributed by atoms with Gasteiger partial charge in [0, 0.05) is 12.1 Å². The fourth-order valence-corrected chi connectivity index (χ4v) is 1.88. The van der Waals surface area contributed by atoms with E-state index in [0.29, 0.717) is 0 Å². The fraction of sp³-hybridized carbons (Fsp3) is 0.700. The van der Waals surface area contributed by atoms with Crippen LogP contribution in [0.5, 0.6) is 0 Å². The predicted octanol–water partition coefficient (Wildman–Crippen LogP) is 2.10. The molecule has 66 valence electrons. The molecule has 1 aliphatic carbocycles. The number of H-pyrrole nitrogens is 1. The first-order valence-corrected chi connectivity index (χ1v) is 4.86. The van der Waals surface area contributed by atoms with Gasteiger partial charge in [-0.2, -0.15) is 0 Å². The number of imidazole rings is 1. The summed E-state index contributed by atoms with van der Waals surface area (Å²) < 4.78 is 0. The maximum Gasteiger partial charge on any atom is 0.106 e. The Bertz CT molecular complexity index is 275. The van der Waals surface area contributed by atoms with Crippen molar-refractivity contribution in [1.82, 2.24) is 9.97 Å². The van der Waals surface area contributed by atoms with Crippen LogP contribution in [0.3, 0.4) is 0 Å². The van der Waals surface area contributed by atoms with E-state index in [-0.39, 0.29) is 0 Å². The molecule has 0 fully saturated rings. The topological polar surface area (TPSA) is 28.7 Å². The van der Waals surface area contributed by atoms with Crippen molar-refractivity contribution >= 4 is 0 Å². The predicted molar refractivity (Wildman–Crippen MR) is 49.2 cm³/mol. The van der Waals surface area contributed by atoms with Crippen LogP contribution in [0, 0.1) is 5.92 Å². The highest BCUT2D eigenvalue weighted by Gasteiger charge is 2.18. The van der Waals surface area contributed by atoms with E-state index in [1.54, 1.807) is 0 Å². The van der Waals surface area contributed by atoms with Gasteiger partial charge >= 0.3 is 0 Å². The highest BCUT2D eigenvalue weighted by atomic mass is 14.9. The molecule has 0 radical (unpaired) electrons. The Kier molecular flexibility index (Phi) is 1.91. The SMILES string of the molecule is CCc1nc2c([nH]1)CC(C)CC2. The van der Waals surface area contributed by atoms with Crippen molar-refractivity contribution in [3.8, 4) is 0 Å². The van der Waals surface area contributed by atoms with Crippen molar-refractivity contribution in [3.63, 3.8) is 0 Å². The van der Waals surface area contributed by atoms with Gasteiger partial charge in [-0.25, -0.2) is 4.98 Å². The molecule has 2 heteroatoms. The second-order valence-corrected chi connectivity index (χ2v) is 3.81. The molecule has 1 N–H and O–H groups in total. The molecule has 0 aliphatic heterocycles. The zero-order valence-electron chi connectivity index (χ0n) is 7.85. The Morgan fingerprint density at radius 3 is 3.17 bits per heavy atom. The minimum absolute atomic E-state index is 0.836. The standard InChI is InChI=1S/C10H16N2/c1-3-10-11-8-5-4-7(2)6-9(8)12-10/h7H,3-6H2,1-2H3,(H,11,12). The summed E-state index contributed by atoms with van der Waals surface area (Å²) >= 11 is 0. The van der Waals surface area contributed by atoms with E-state index in [4.69, 9.17) is 0 Å². The summed E-state index contributed by atoms with van der Waals surface area (Å²) in [6, 6.07) is 0. The molecule has 1 aliphatic rings. The van der Waals surface area contributed by atoms with E-state index >= 15 is 0 Å². The second-order valence-electron chi connectivity index (χ2n) is 3.81. The Morgan fingerprint density at radius 2 is 2.42 bits per heavy atom. The zero-order valence-corrected chi connectivity index (χ0v) is 7.85. The monoisotopic (exact) mass is 164 g/mol. The average molecular weight is 164 g/mol. The summed E-state index contributed by atoms with van der Waals surface area (Å²) in [6.07, 6.45) is 4.71. The molecule has 1 heterocycles. The fourth-order valence-electron chi connectivity index (χ4n) is 1.88. The van der Waals surface area contributed by atoms with Gasteiger partial charge in [-0.1, -0.05) is 13.8 Å². The number of aryl methyl sites for hydroxylation is 2. The Morgan fingerprint density at radius 1 is 1.58 bits per heavy atom. The molecule has 1 aromatic rings. The lowest BCUT2D eigenvalue weighted by molar-refractivity contribution is 0.492. The summed E-state index contributed by atoms with van der Waals surface area (Å²) in [4.78, 5) is 7.95. The highest BCUT2D eigenvalue weighted by Crippen LogP contribution is 2.23. The molecule has 0 saturated heterocycles. The van der Waals surface area contributed by atoms with Gasteiger partial charge in [0.25, 0.3) is 0 Å². The van der Waals surface area contributed by atoms with E-state index < -0.39 is 0 Å². The van der Waals surface area contributed by atoms with Gasteiger partial charge in [0.2, 0.25) is 0 Å². The van der Waals surface area contributed by atoms with Crippen LogP contribution >= 0.6 is 0 Å². The van der Waals surface area contributed by atoms with Gasteiger partial charge < -0.3 is 4.98 Å². The summed E-state index contributed by atoms with van der Waals surface area (Å²) in [5.41, 5.74) is 2.72. The molecular weight excluding hydrogens is 148 g/mol. The van der Waals surface area contributed by atoms with Crippen molar-refractivity contribution in [2.75, 3.05) is 0 Å². The lowest BCUT2D eigenvalue weighted by Crippen LogP contribution is -2.10. The number of aromatic nitrogens is 2. The van der Waals surface area contributed by atoms with Gasteiger partial charge in [0.1, 0.15) is 5.82 Å². The molecule has 12 heavy (non-hydrogen) atoms. The first kappa shape index (κ1) is 7.84. The minimum atomic E-state index is 0.836. The molecule has 0 bridgehead atoms. The van der Waals surface area contributed by atoms with Crippen LogP contribution in [0.15, 0.2) is 0 Å². The van der Waals surface area contributed by atoms with Crippen molar-refractivity contribution in [1.29, 1.82) is 0 Å². The number of nitrogens with one attached hydrogen (secondary N) is 1. The smallest absolute Gasteiger partial charge is 0.106 e.